The summed E-state index contributed by atoms with van der Waals surface area (Å²) in [4.78, 5) is 0. The molecule has 170 valence electrons. The maximum atomic E-state index is 10.3. The van der Waals surface area contributed by atoms with E-state index in [1.165, 1.54) is 30.3 Å². The van der Waals surface area contributed by atoms with E-state index in [2.05, 4.69) is 0 Å². The first-order chi connectivity index (χ1) is 15.2. The molecule has 0 aliphatic carbocycles. The first kappa shape index (κ1) is 21.9. The molecule has 32 heavy (non-hydrogen) atoms. The second-order valence-electron chi connectivity index (χ2n) is 7.34. The molecule has 0 saturated carbocycles. The molecule has 1 aliphatic heterocycles. The molecule has 0 spiro atoms. The van der Waals surface area contributed by atoms with Crippen molar-refractivity contribution in [2.24, 2.45) is 0 Å². The highest BCUT2D eigenvalue weighted by Gasteiger charge is 2.45. The third-order valence-electron chi connectivity index (χ3n) is 5.15. The maximum Gasteiger partial charge on any atom is 0.402 e. The average Bonchev–Trinajstić information content (AvgIpc) is 2.76. The molecule has 11 nitrogen and oxygen atoms in total. The fourth-order valence-corrected chi connectivity index (χ4v) is 3.43. The van der Waals surface area contributed by atoms with Gasteiger partial charge in [0.1, 0.15) is 41.3 Å². The van der Waals surface area contributed by atoms with Crippen molar-refractivity contribution >= 4 is 11.0 Å². The normalized spacial score (nSPS) is 25.7. The summed E-state index contributed by atoms with van der Waals surface area (Å²) in [5.74, 6) is -1.64. The van der Waals surface area contributed by atoms with E-state index < -0.39 is 43.1 Å². The highest BCUT2D eigenvalue weighted by molar-refractivity contribution is 5.88. The van der Waals surface area contributed by atoms with E-state index in [0.29, 0.717) is 0 Å². The quantitative estimate of drug-likeness (QED) is 0.203. The molecule has 0 unspecified atom stereocenters. The molecule has 1 saturated heterocycles. The zero-order chi connectivity index (χ0) is 23.2. The Morgan fingerprint density at radius 2 is 1.59 bits per heavy atom. The average molecular weight is 449 g/mol. The van der Waals surface area contributed by atoms with Crippen molar-refractivity contribution in [1.82, 2.24) is 0 Å². The van der Waals surface area contributed by atoms with Crippen molar-refractivity contribution in [2.75, 3.05) is 6.61 Å². The van der Waals surface area contributed by atoms with E-state index >= 15 is 0 Å². The number of hydrogen-bond acceptors (Lipinski definition) is 10. The number of aliphatic hydroxyl groups is 4. The second kappa shape index (κ2) is 8.30. The number of aromatic hydroxyl groups is 4. The largest absolute Gasteiger partial charge is 0.507 e. The molecule has 0 radical (unpaired) electrons. The standard InChI is InChI=1S/C21H20O11/c22-7-16-17(27)18(28)19(29)21(32-16)31-15-6-10-12(25)4-9(23)5-14(10)30-20(15)8-1-2-11(24)13(26)3-8/h1-6,16-19,21-22,27-29H,7H2,(H3-,23,24,25,26)/p+1/t16-,17+,18-,19-,21-/m1/s1. The Bertz CT molecular complexity index is 1150. The van der Waals surface area contributed by atoms with Crippen LogP contribution in [0.15, 0.2) is 40.8 Å². The van der Waals surface area contributed by atoms with Crippen LogP contribution in [0.2, 0.25) is 0 Å². The Kier molecular flexibility index (Phi) is 5.67. The number of aliphatic hydroxyl groups excluding tert-OH is 4. The zero-order valence-electron chi connectivity index (χ0n) is 16.4. The van der Waals surface area contributed by atoms with E-state index in [4.69, 9.17) is 13.9 Å². The van der Waals surface area contributed by atoms with E-state index in [9.17, 15) is 40.9 Å². The Balaban J connectivity index is 1.84. The van der Waals surface area contributed by atoms with Gasteiger partial charge in [-0.15, -0.1) is 0 Å². The van der Waals surface area contributed by atoms with Crippen LogP contribution in [0, 0.1) is 0 Å². The SMILES string of the molecule is OC[C@H]1O[C@@H](Oc2cc3c(O)cc(O)cc3[o+]c2-c2ccc(O)c(O)c2)[C@H](O)[C@H](O)[C@H]1O. The molecule has 2 aromatic carbocycles. The van der Waals surface area contributed by atoms with Crippen molar-refractivity contribution in [3.8, 4) is 40.1 Å². The molecule has 0 amide bonds. The van der Waals surface area contributed by atoms with Crippen LogP contribution in [0.25, 0.3) is 22.3 Å². The van der Waals surface area contributed by atoms with Gasteiger partial charge in [-0.25, -0.2) is 4.42 Å². The van der Waals surface area contributed by atoms with Crippen molar-refractivity contribution in [3.05, 3.63) is 36.4 Å². The second-order valence-corrected chi connectivity index (χ2v) is 7.34. The number of rotatable bonds is 4. The lowest BCUT2D eigenvalue weighted by atomic mass is 9.99. The summed E-state index contributed by atoms with van der Waals surface area (Å²) in [5, 5.41) is 79.2. The van der Waals surface area contributed by atoms with E-state index in [1.54, 1.807) is 0 Å². The van der Waals surface area contributed by atoms with Crippen LogP contribution in [0.1, 0.15) is 0 Å². The van der Waals surface area contributed by atoms with E-state index in [-0.39, 0.29) is 45.3 Å². The minimum atomic E-state index is -1.71. The monoisotopic (exact) mass is 449 g/mol. The summed E-state index contributed by atoms with van der Waals surface area (Å²) < 4.78 is 16.8. The van der Waals surface area contributed by atoms with Crippen molar-refractivity contribution in [2.45, 2.75) is 30.7 Å². The van der Waals surface area contributed by atoms with Gasteiger partial charge < -0.3 is 50.3 Å². The van der Waals surface area contributed by atoms with Gasteiger partial charge in [-0.1, -0.05) is 0 Å². The first-order valence-corrected chi connectivity index (χ1v) is 9.52. The van der Waals surface area contributed by atoms with Crippen LogP contribution in [0.3, 0.4) is 0 Å². The molecule has 2 heterocycles. The minimum absolute atomic E-state index is 0.0465. The number of benzene rings is 2. The van der Waals surface area contributed by atoms with Gasteiger partial charge in [-0.3, -0.25) is 0 Å². The van der Waals surface area contributed by atoms with Crippen LogP contribution in [-0.2, 0) is 4.74 Å². The maximum absolute atomic E-state index is 10.3. The number of ether oxygens (including phenoxy) is 2. The molecule has 3 aromatic rings. The summed E-state index contributed by atoms with van der Waals surface area (Å²) in [5.41, 5.74) is 0.260. The minimum Gasteiger partial charge on any atom is -0.507 e. The van der Waals surface area contributed by atoms with E-state index in [1.807, 2.05) is 0 Å². The Morgan fingerprint density at radius 3 is 2.28 bits per heavy atom. The summed E-state index contributed by atoms with van der Waals surface area (Å²) in [6.45, 7) is -0.661. The molecule has 0 bridgehead atoms. The molecule has 1 fully saturated rings. The Labute approximate surface area is 180 Å². The number of phenols is 4. The van der Waals surface area contributed by atoms with E-state index in [0.717, 1.165) is 6.07 Å². The van der Waals surface area contributed by atoms with Crippen LogP contribution >= 0.6 is 0 Å². The summed E-state index contributed by atoms with van der Waals surface area (Å²) in [6, 6.07) is 7.37. The van der Waals surface area contributed by atoms with Gasteiger partial charge in [0.15, 0.2) is 11.5 Å². The molecule has 1 aliphatic rings. The Hall–Kier alpha value is -3.35. The van der Waals surface area contributed by atoms with Gasteiger partial charge in [0, 0.05) is 18.2 Å². The van der Waals surface area contributed by atoms with Crippen LogP contribution < -0.4 is 4.74 Å². The van der Waals surface area contributed by atoms with Crippen LogP contribution in [-0.4, -0.2) is 78.2 Å². The van der Waals surface area contributed by atoms with Gasteiger partial charge in [0.25, 0.3) is 0 Å². The topological polar surface area (TPSA) is 192 Å². The predicted molar refractivity (Wildman–Crippen MR) is 107 cm³/mol. The van der Waals surface area contributed by atoms with Gasteiger partial charge >= 0.3 is 11.3 Å². The lowest BCUT2D eigenvalue weighted by molar-refractivity contribution is -0.277. The van der Waals surface area contributed by atoms with Crippen LogP contribution in [0.4, 0.5) is 0 Å². The number of phenolic OH excluding ortho intramolecular Hbond substituents is 4. The highest BCUT2D eigenvalue weighted by atomic mass is 16.7. The predicted octanol–water partition coefficient (Wildman–Crippen LogP) is 0.382. The van der Waals surface area contributed by atoms with Crippen molar-refractivity contribution in [3.63, 3.8) is 0 Å². The first-order valence-electron chi connectivity index (χ1n) is 9.52. The van der Waals surface area contributed by atoms with Crippen LogP contribution in [0.5, 0.6) is 28.7 Å². The van der Waals surface area contributed by atoms with Gasteiger partial charge in [0.2, 0.25) is 12.0 Å². The lowest BCUT2D eigenvalue weighted by Gasteiger charge is -2.39. The zero-order valence-corrected chi connectivity index (χ0v) is 16.4. The molecule has 5 atom stereocenters. The molecule has 11 heteroatoms. The highest BCUT2D eigenvalue weighted by Crippen LogP contribution is 2.42. The van der Waals surface area contributed by atoms with Gasteiger partial charge in [-0.2, -0.15) is 0 Å². The molecular weight excluding hydrogens is 428 g/mol. The van der Waals surface area contributed by atoms with Crippen molar-refractivity contribution < 1.29 is 54.7 Å². The third kappa shape index (κ3) is 3.83. The molecular formula is C21H21O11+. The lowest BCUT2D eigenvalue weighted by Crippen LogP contribution is -2.60. The summed E-state index contributed by atoms with van der Waals surface area (Å²) in [6.07, 6.45) is -7.76. The summed E-state index contributed by atoms with van der Waals surface area (Å²) in [7, 11) is 0. The molecule has 8 N–H and O–H groups in total. The smallest absolute Gasteiger partial charge is 0.402 e. The fourth-order valence-electron chi connectivity index (χ4n) is 3.43. The summed E-state index contributed by atoms with van der Waals surface area (Å²) >= 11 is 0. The fraction of sp³-hybridized carbons (Fsp3) is 0.286. The number of hydrogen-bond donors (Lipinski definition) is 8. The molecule has 4 rings (SSSR count). The Morgan fingerprint density at radius 1 is 0.844 bits per heavy atom. The molecule has 1 aromatic heterocycles. The van der Waals surface area contributed by atoms with Gasteiger partial charge in [0.05, 0.1) is 18.2 Å². The third-order valence-corrected chi connectivity index (χ3v) is 5.15. The van der Waals surface area contributed by atoms with Gasteiger partial charge in [-0.05, 0) is 12.1 Å². The van der Waals surface area contributed by atoms with Crippen molar-refractivity contribution in [1.29, 1.82) is 0 Å². The number of fused-ring (bicyclic) bond motifs is 1.